The molecule has 0 fully saturated rings. The number of hydrogen-bond donors (Lipinski definition) is 2. The van der Waals surface area contributed by atoms with Crippen LogP contribution in [0, 0.1) is 19.7 Å². The van der Waals surface area contributed by atoms with Gasteiger partial charge in [0.1, 0.15) is 5.82 Å². The Morgan fingerprint density at radius 1 is 1.11 bits per heavy atom. The van der Waals surface area contributed by atoms with Crippen molar-refractivity contribution in [2.24, 2.45) is 0 Å². The molecule has 2 aromatic rings. The zero-order valence-corrected chi connectivity index (χ0v) is 14.9. The number of aryl methyl sites for hydroxylation is 2. The Balaban J connectivity index is 1.79. The summed E-state index contributed by atoms with van der Waals surface area (Å²) in [7, 11) is 0. The summed E-state index contributed by atoms with van der Waals surface area (Å²) in [4.78, 5) is 35.1. The van der Waals surface area contributed by atoms with E-state index in [4.69, 9.17) is 4.74 Å². The van der Waals surface area contributed by atoms with Crippen molar-refractivity contribution in [2.75, 3.05) is 11.9 Å². The summed E-state index contributed by atoms with van der Waals surface area (Å²) in [6, 6.07) is 10.6. The third-order valence-electron chi connectivity index (χ3n) is 3.53. The van der Waals surface area contributed by atoms with Gasteiger partial charge in [-0.15, -0.1) is 0 Å². The van der Waals surface area contributed by atoms with Crippen molar-refractivity contribution in [1.82, 2.24) is 5.32 Å². The largest absolute Gasteiger partial charge is 0.452 e. The van der Waals surface area contributed by atoms with E-state index in [2.05, 4.69) is 10.6 Å². The van der Waals surface area contributed by atoms with Crippen molar-refractivity contribution in [2.45, 2.75) is 13.8 Å². The van der Waals surface area contributed by atoms with Crippen LogP contribution >= 0.6 is 0 Å². The molecule has 0 saturated heterocycles. The Labute approximate surface area is 156 Å². The number of carbonyl (C=O) groups is 3. The maximum atomic E-state index is 13.4. The molecule has 0 spiro atoms. The number of rotatable bonds is 5. The van der Waals surface area contributed by atoms with Crippen LogP contribution in [-0.2, 0) is 14.3 Å². The van der Waals surface area contributed by atoms with Crippen molar-refractivity contribution in [3.8, 4) is 0 Å². The number of halogens is 1. The first-order valence-electron chi connectivity index (χ1n) is 8.12. The fourth-order valence-electron chi connectivity index (χ4n) is 2.22. The molecule has 0 unspecified atom stereocenters. The molecule has 140 valence electrons. The summed E-state index contributed by atoms with van der Waals surface area (Å²) in [5, 5.41) is 4.60. The molecule has 2 N–H and O–H groups in total. The van der Waals surface area contributed by atoms with Crippen LogP contribution in [0.5, 0.6) is 0 Å². The highest BCUT2D eigenvalue weighted by atomic mass is 19.1. The summed E-state index contributed by atoms with van der Waals surface area (Å²) in [6.45, 7) is 3.12. The van der Waals surface area contributed by atoms with E-state index in [1.807, 2.05) is 26.0 Å². The van der Waals surface area contributed by atoms with Gasteiger partial charge in [-0.05, 0) is 37.6 Å². The molecule has 3 amide bonds. The van der Waals surface area contributed by atoms with Gasteiger partial charge in [-0.2, -0.15) is 0 Å². The normalized spacial score (nSPS) is 10.5. The molecule has 2 aromatic carbocycles. The number of imide groups is 1. The maximum absolute atomic E-state index is 13.4. The molecule has 0 aliphatic carbocycles. The molecule has 0 aromatic heterocycles. The van der Waals surface area contributed by atoms with Crippen molar-refractivity contribution < 1.29 is 23.5 Å². The van der Waals surface area contributed by atoms with Gasteiger partial charge in [-0.25, -0.2) is 14.0 Å². The van der Waals surface area contributed by atoms with Gasteiger partial charge in [0.25, 0.3) is 5.91 Å². The molecule has 0 aliphatic heterocycles. The monoisotopic (exact) mass is 370 g/mol. The lowest BCUT2D eigenvalue weighted by Crippen LogP contribution is -2.37. The first-order valence-corrected chi connectivity index (χ1v) is 8.12. The molecule has 0 atom stereocenters. The minimum Gasteiger partial charge on any atom is -0.452 e. The third kappa shape index (κ3) is 6.39. The SMILES string of the molecule is Cc1ccc(NC(=O)NC(=O)COC(=O)/C=C/c2ccccc2F)c(C)c1. The van der Waals surface area contributed by atoms with E-state index in [1.54, 1.807) is 12.1 Å². The number of ether oxygens (including phenoxy) is 1. The molecule has 6 nitrogen and oxygen atoms in total. The summed E-state index contributed by atoms with van der Waals surface area (Å²) < 4.78 is 18.1. The minimum atomic E-state index is -0.830. The first kappa shape index (κ1) is 19.8. The van der Waals surface area contributed by atoms with Gasteiger partial charge in [0.2, 0.25) is 0 Å². The zero-order chi connectivity index (χ0) is 19.8. The average molecular weight is 370 g/mol. The molecule has 0 bridgehead atoms. The number of esters is 1. The maximum Gasteiger partial charge on any atom is 0.331 e. The van der Waals surface area contributed by atoms with Crippen LogP contribution in [0.4, 0.5) is 14.9 Å². The zero-order valence-electron chi connectivity index (χ0n) is 14.9. The molecule has 0 radical (unpaired) electrons. The molecule has 7 heteroatoms. The second kappa shape index (κ2) is 9.28. The van der Waals surface area contributed by atoms with Crippen LogP contribution in [-0.4, -0.2) is 24.5 Å². The summed E-state index contributed by atoms with van der Waals surface area (Å²) >= 11 is 0. The van der Waals surface area contributed by atoms with E-state index in [9.17, 15) is 18.8 Å². The number of nitrogens with one attached hydrogen (secondary N) is 2. The highest BCUT2D eigenvalue weighted by Crippen LogP contribution is 2.15. The van der Waals surface area contributed by atoms with Gasteiger partial charge in [0, 0.05) is 17.3 Å². The van der Waals surface area contributed by atoms with Crippen LogP contribution in [0.25, 0.3) is 6.08 Å². The van der Waals surface area contributed by atoms with Crippen LogP contribution in [0.3, 0.4) is 0 Å². The second-order valence-electron chi connectivity index (χ2n) is 5.78. The van der Waals surface area contributed by atoms with Crippen molar-refractivity contribution in [3.63, 3.8) is 0 Å². The molecule has 2 rings (SSSR count). The van der Waals surface area contributed by atoms with E-state index in [1.165, 1.54) is 24.3 Å². The average Bonchev–Trinajstić information content (AvgIpc) is 2.61. The minimum absolute atomic E-state index is 0.215. The molecule has 0 saturated carbocycles. The molecular formula is C20H19FN2O4. The van der Waals surface area contributed by atoms with Crippen LogP contribution in [0.1, 0.15) is 16.7 Å². The number of carbonyl (C=O) groups excluding carboxylic acids is 3. The summed E-state index contributed by atoms with van der Waals surface area (Å²) in [5.41, 5.74) is 2.68. The van der Waals surface area contributed by atoms with Crippen LogP contribution < -0.4 is 10.6 Å². The topological polar surface area (TPSA) is 84.5 Å². The van der Waals surface area contributed by atoms with Crippen LogP contribution in [0.2, 0.25) is 0 Å². The summed E-state index contributed by atoms with van der Waals surface area (Å²) in [6.07, 6.45) is 2.24. The van der Waals surface area contributed by atoms with Crippen molar-refractivity contribution in [3.05, 3.63) is 71.0 Å². The van der Waals surface area contributed by atoms with Crippen molar-refractivity contribution in [1.29, 1.82) is 0 Å². The lowest BCUT2D eigenvalue weighted by molar-refractivity contribution is -0.143. The Kier molecular flexibility index (Phi) is 6.82. The van der Waals surface area contributed by atoms with Crippen LogP contribution in [0.15, 0.2) is 48.5 Å². The fraction of sp³-hybridized carbons (Fsp3) is 0.150. The Morgan fingerprint density at radius 2 is 1.85 bits per heavy atom. The van der Waals surface area contributed by atoms with Gasteiger partial charge >= 0.3 is 12.0 Å². The number of benzene rings is 2. The predicted octanol–water partition coefficient (Wildman–Crippen LogP) is 3.35. The molecular weight excluding hydrogens is 351 g/mol. The molecule has 0 aliphatic rings. The van der Waals surface area contributed by atoms with E-state index < -0.39 is 30.3 Å². The van der Waals surface area contributed by atoms with Gasteiger partial charge in [-0.1, -0.05) is 35.9 Å². The number of urea groups is 1. The number of amides is 3. The highest BCUT2D eigenvalue weighted by molar-refractivity contribution is 6.02. The molecule has 27 heavy (non-hydrogen) atoms. The van der Waals surface area contributed by atoms with Crippen molar-refractivity contribution >= 4 is 29.7 Å². The number of anilines is 1. The standard InChI is InChI=1S/C20H19FN2O4/c1-13-7-9-17(14(2)11-13)22-20(26)23-18(24)12-27-19(25)10-8-15-5-3-4-6-16(15)21/h3-11H,12H2,1-2H3,(H2,22,23,24,26)/b10-8+. The number of hydrogen-bond acceptors (Lipinski definition) is 4. The Morgan fingerprint density at radius 3 is 2.56 bits per heavy atom. The van der Waals surface area contributed by atoms with E-state index >= 15 is 0 Å². The van der Waals surface area contributed by atoms with Gasteiger partial charge in [-0.3, -0.25) is 10.1 Å². The van der Waals surface area contributed by atoms with E-state index in [0.29, 0.717) is 5.69 Å². The predicted molar refractivity (Wildman–Crippen MR) is 99.5 cm³/mol. The second-order valence-corrected chi connectivity index (χ2v) is 5.78. The van der Waals surface area contributed by atoms with Gasteiger partial charge < -0.3 is 10.1 Å². The lowest BCUT2D eigenvalue weighted by Gasteiger charge is -2.09. The lowest BCUT2D eigenvalue weighted by atomic mass is 10.1. The van der Waals surface area contributed by atoms with E-state index in [-0.39, 0.29) is 5.56 Å². The summed E-state index contributed by atoms with van der Waals surface area (Å²) in [5.74, 6) is -2.10. The van der Waals surface area contributed by atoms with Gasteiger partial charge in [0.05, 0.1) is 0 Å². The molecule has 0 heterocycles. The Hall–Kier alpha value is -3.48. The first-order chi connectivity index (χ1) is 12.8. The quantitative estimate of drug-likeness (QED) is 0.624. The highest BCUT2D eigenvalue weighted by Gasteiger charge is 2.11. The Bertz CT molecular complexity index is 893. The van der Waals surface area contributed by atoms with Gasteiger partial charge in [0.15, 0.2) is 6.61 Å². The smallest absolute Gasteiger partial charge is 0.331 e. The fourth-order valence-corrected chi connectivity index (χ4v) is 2.22. The van der Waals surface area contributed by atoms with E-state index in [0.717, 1.165) is 17.2 Å². The third-order valence-corrected chi connectivity index (χ3v) is 3.53.